The van der Waals surface area contributed by atoms with Gasteiger partial charge in [-0.25, -0.2) is 4.52 Å². The van der Waals surface area contributed by atoms with E-state index in [1.165, 1.54) is 0 Å². The summed E-state index contributed by atoms with van der Waals surface area (Å²) < 4.78 is 49.5. The van der Waals surface area contributed by atoms with Crippen LogP contribution in [0, 0.1) is 0 Å². The molecule has 0 saturated heterocycles. The Bertz CT molecular complexity index is 452. The molecule has 0 aliphatic carbocycles. The first-order chi connectivity index (χ1) is 6.83. The molecule has 1 aliphatic rings. The molecule has 1 atom stereocenters. The lowest BCUT2D eigenvalue weighted by Gasteiger charge is -2.21. The maximum Gasteiger partial charge on any atom is 0.529 e. The molecule has 0 radical (unpaired) electrons. The van der Waals surface area contributed by atoms with Crippen LogP contribution >= 0.6 is 74.8 Å². The van der Waals surface area contributed by atoms with Gasteiger partial charge in [-0.3, -0.25) is 0 Å². The molecule has 0 fully saturated rings. The van der Waals surface area contributed by atoms with Gasteiger partial charge in [0.05, 0.1) is 0 Å². The number of hydrogen-bond acceptors (Lipinski definition) is 4. The van der Waals surface area contributed by atoms with Gasteiger partial charge in [0.25, 0.3) is 11.8 Å². The molecule has 1 aliphatic heterocycles. The minimum atomic E-state index is -5.05. The summed E-state index contributed by atoms with van der Waals surface area (Å²) in [6.45, 7) is -4.15. The van der Waals surface area contributed by atoms with E-state index in [1.54, 1.807) is 0 Å². The van der Waals surface area contributed by atoms with Gasteiger partial charge in [0.1, 0.15) is 0 Å². The van der Waals surface area contributed by atoms with Crippen molar-refractivity contribution in [2.45, 2.75) is 6.36 Å². The van der Waals surface area contributed by atoms with Gasteiger partial charge in [-0.2, -0.15) is 13.5 Å². The molecule has 0 aromatic carbocycles. The molecule has 1 unspecified atom stereocenters. The Morgan fingerprint density at radius 1 is 0.812 bits per heavy atom. The molecule has 0 saturated carbocycles. The SMILES string of the molecule is FC(F)(F)OP1(Cl)=NP(Cl)(Cl)=NP(Cl)(Cl)=N1. The summed E-state index contributed by atoms with van der Waals surface area (Å²) in [6, 6.07) is 0. The minimum Gasteiger partial charge on any atom is -0.220 e. The Labute approximate surface area is 112 Å². The third-order valence-corrected chi connectivity index (χ3v) is 12.8. The van der Waals surface area contributed by atoms with Crippen molar-refractivity contribution in [1.82, 2.24) is 0 Å². The van der Waals surface area contributed by atoms with Crippen LogP contribution in [0.15, 0.2) is 13.5 Å². The smallest absolute Gasteiger partial charge is 0.220 e. The normalized spacial score (nSPS) is 32.2. The van der Waals surface area contributed by atoms with Gasteiger partial charge in [-0.1, -0.05) is 0 Å². The van der Waals surface area contributed by atoms with Gasteiger partial charge in [-0.05, 0) is 56.2 Å². The second kappa shape index (κ2) is 4.77. The molecule has 4 nitrogen and oxygen atoms in total. The zero-order valence-corrected chi connectivity index (χ0v) is 13.1. The molecular weight excluding hydrogens is 397 g/mol. The Kier molecular flexibility index (Phi) is 4.76. The largest absolute Gasteiger partial charge is 0.529 e. The fourth-order valence-corrected chi connectivity index (χ4v) is 17.0. The molecular formula is CCl5F3N3OP3. The van der Waals surface area contributed by atoms with Crippen molar-refractivity contribution in [2.24, 2.45) is 13.5 Å². The molecule has 1 rings (SSSR count). The summed E-state index contributed by atoms with van der Waals surface area (Å²) in [7, 11) is 0. The maximum absolute atomic E-state index is 12.0. The van der Waals surface area contributed by atoms with Gasteiger partial charge in [0.2, 0.25) is 0 Å². The fraction of sp³-hybridized carbons (Fsp3) is 1.00. The van der Waals surface area contributed by atoms with Crippen molar-refractivity contribution in [3.63, 3.8) is 0 Å². The average Bonchev–Trinajstić information content (AvgIpc) is 1.66. The van der Waals surface area contributed by atoms with Gasteiger partial charge in [-0.15, -0.1) is 13.2 Å². The second-order valence-electron chi connectivity index (χ2n) is 2.19. The highest BCUT2D eigenvalue weighted by Crippen LogP contribution is 2.87. The zero-order chi connectivity index (χ0) is 12.8. The third kappa shape index (κ3) is 5.26. The van der Waals surface area contributed by atoms with Gasteiger partial charge in [0.15, 0.2) is 0 Å². The van der Waals surface area contributed by atoms with Crippen molar-refractivity contribution in [1.29, 1.82) is 0 Å². The number of hydrogen-bond donors (Lipinski definition) is 0. The summed E-state index contributed by atoms with van der Waals surface area (Å²) in [5, 5.41) is 0. The molecule has 0 aromatic heterocycles. The first-order valence-corrected chi connectivity index (χ1v) is 12.5. The molecule has 0 N–H and O–H groups in total. The van der Waals surface area contributed by atoms with Crippen molar-refractivity contribution in [2.75, 3.05) is 0 Å². The molecule has 0 spiro atoms. The van der Waals surface area contributed by atoms with E-state index < -0.39 is 25.0 Å². The predicted octanol–water partition coefficient (Wildman–Crippen LogP) is 7.57. The van der Waals surface area contributed by atoms with Crippen LogP contribution < -0.4 is 0 Å². The summed E-state index contributed by atoms with van der Waals surface area (Å²) in [6.07, 6.45) is -5.05. The Morgan fingerprint density at radius 2 is 1.25 bits per heavy atom. The van der Waals surface area contributed by atoms with Crippen molar-refractivity contribution >= 4 is 74.8 Å². The van der Waals surface area contributed by atoms with Gasteiger partial charge >= 0.3 is 13.1 Å². The number of nitrogens with zero attached hydrogens (tertiary/aromatic N) is 3. The van der Waals surface area contributed by atoms with E-state index in [0.717, 1.165) is 0 Å². The Hall–Kier alpha value is 1.89. The van der Waals surface area contributed by atoms with Gasteiger partial charge in [0, 0.05) is 0 Å². The monoisotopic (exact) mass is 395 g/mol. The minimum absolute atomic E-state index is 3.23. The van der Waals surface area contributed by atoms with E-state index >= 15 is 0 Å². The van der Waals surface area contributed by atoms with Gasteiger partial charge < -0.3 is 0 Å². The number of rotatable bonds is 1. The average molecular weight is 397 g/mol. The molecule has 96 valence electrons. The van der Waals surface area contributed by atoms with Crippen LogP contribution in [-0.4, -0.2) is 6.36 Å². The molecule has 1 heterocycles. The lowest BCUT2D eigenvalue weighted by molar-refractivity contribution is -0.271. The van der Waals surface area contributed by atoms with E-state index in [0.29, 0.717) is 0 Å². The van der Waals surface area contributed by atoms with E-state index in [2.05, 4.69) is 18.1 Å². The third-order valence-electron chi connectivity index (χ3n) is 0.871. The van der Waals surface area contributed by atoms with E-state index in [9.17, 15) is 13.2 Å². The van der Waals surface area contributed by atoms with Crippen LogP contribution in [0.5, 0.6) is 0 Å². The molecule has 0 amide bonds. The van der Waals surface area contributed by atoms with Crippen LogP contribution in [0.1, 0.15) is 0 Å². The molecule has 16 heavy (non-hydrogen) atoms. The zero-order valence-electron chi connectivity index (χ0n) is 6.62. The van der Waals surface area contributed by atoms with E-state index in [4.69, 9.17) is 56.2 Å². The standard InChI is InChI=1S/CCl5F3N3OP3/c2-14(3)10-15(4,5)12-16(6,11-14)13-1(7,8)9. The quantitative estimate of drug-likeness (QED) is 0.421. The first kappa shape index (κ1) is 15.9. The van der Waals surface area contributed by atoms with Crippen LogP contribution in [-0.2, 0) is 4.52 Å². The Morgan fingerprint density at radius 3 is 1.62 bits per heavy atom. The fourth-order valence-electron chi connectivity index (χ4n) is 0.617. The maximum atomic E-state index is 12.0. The Balaban J connectivity index is 3.32. The molecule has 15 heteroatoms. The summed E-state index contributed by atoms with van der Waals surface area (Å²) in [5.41, 5.74) is 0. The molecule has 0 bridgehead atoms. The van der Waals surface area contributed by atoms with Crippen molar-refractivity contribution < 1.29 is 17.7 Å². The van der Waals surface area contributed by atoms with E-state index in [-0.39, 0.29) is 0 Å². The number of halogens is 8. The lowest BCUT2D eigenvalue weighted by Crippen LogP contribution is -2.09. The van der Waals surface area contributed by atoms with Crippen LogP contribution in [0.4, 0.5) is 13.2 Å². The topological polar surface area (TPSA) is 46.3 Å². The predicted molar refractivity (Wildman–Crippen MR) is 64.4 cm³/mol. The van der Waals surface area contributed by atoms with Crippen molar-refractivity contribution in [3.8, 4) is 0 Å². The summed E-state index contributed by atoms with van der Waals surface area (Å²) in [4.78, 5) is 0. The second-order valence-corrected chi connectivity index (χ2v) is 15.3. The lowest BCUT2D eigenvalue weighted by atomic mass is 11.4. The summed E-state index contributed by atoms with van der Waals surface area (Å²) >= 11 is 27.5. The number of alkyl halides is 3. The van der Waals surface area contributed by atoms with E-state index in [1.807, 2.05) is 0 Å². The summed E-state index contributed by atoms with van der Waals surface area (Å²) in [5.74, 6) is -6.97. The molecule has 0 aromatic rings. The van der Waals surface area contributed by atoms with Crippen LogP contribution in [0.25, 0.3) is 0 Å². The van der Waals surface area contributed by atoms with Crippen LogP contribution in [0.3, 0.4) is 0 Å². The highest BCUT2D eigenvalue weighted by Gasteiger charge is 2.42. The highest BCUT2D eigenvalue weighted by molar-refractivity contribution is 8.22. The van der Waals surface area contributed by atoms with Crippen molar-refractivity contribution in [3.05, 3.63) is 0 Å². The first-order valence-electron chi connectivity index (χ1n) is 3.00. The highest BCUT2D eigenvalue weighted by atomic mass is 35.9. The van der Waals surface area contributed by atoms with Crippen LogP contribution in [0.2, 0.25) is 0 Å².